The Labute approximate surface area is 127 Å². The summed E-state index contributed by atoms with van der Waals surface area (Å²) in [4.78, 5) is 14.4. The minimum absolute atomic E-state index is 0.123. The van der Waals surface area contributed by atoms with E-state index in [-0.39, 0.29) is 11.6 Å². The first-order valence-corrected chi connectivity index (χ1v) is 7.59. The van der Waals surface area contributed by atoms with Crippen LogP contribution in [0.15, 0.2) is 15.5 Å². The van der Waals surface area contributed by atoms with Gasteiger partial charge in [0.25, 0.3) is 5.56 Å². The number of methoxy groups -OCH3 is 1. The number of aromatic nitrogens is 2. The van der Waals surface area contributed by atoms with Crippen molar-refractivity contribution in [2.45, 2.75) is 25.9 Å². The minimum Gasteiger partial charge on any atom is -0.383 e. The molecular weight excluding hydrogens is 324 g/mol. The van der Waals surface area contributed by atoms with Crippen molar-refractivity contribution in [1.29, 1.82) is 0 Å². The Morgan fingerprint density at radius 2 is 2.35 bits per heavy atom. The van der Waals surface area contributed by atoms with Gasteiger partial charge in [-0.25, -0.2) is 4.68 Å². The second kappa shape index (κ2) is 6.69. The summed E-state index contributed by atoms with van der Waals surface area (Å²) in [5, 5.41) is 4.22. The van der Waals surface area contributed by atoms with Crippen LogP contribution in [0, 0.1) is 5.92 Å². The Balaban J connectivity index is 2.21. The molecule has 112 valence electrons. The lowest BCUT2D eigenvalue weighted by Crippen LogP contribution is -2.46. The molecule has 0 radical (unpaired) electrons. The van der Waals surface area contributed by atoms with E-state index in [0.29, 0.717) is 23.5 Å². The monoisotopic (exact) mass is 344 g/mol. The molecule has 1 aromatic rings. The molecule has 20 heavy (non-hydrogen) atoms. The van der Waals surface area contributed by atoms with Crippen LogP contribution in [-0.4, -0.2) is 42.6 Å². The summed E-state index contributed by atoms with van der Waals surface area (Å²) < 4.78 is 6.95. The van der Waals surface area contributed by atoms with E-state index in [1.54, 1.807) is 13.3 Å². The van der Waals surface area contributed by atoms with Gasteiger partial charge in [0.15, 0.2) is 0 Å². The number of ether oxygens (including phenoxy) is 1. The van der Waals surface area contributed by atoms with E-state index >= 15 is 0 Å². The van der Waals surface area contributed by atoms with Gasteiger partial charge in [0.2, 0.25) is 0 Å². The van der Waals surface area contributed by atoms with E-state index in [1.165, 1.54) is 4.68 Å². The van der Waals surface area contributed by atoms with Gasteiger partial charge < -0.3 is 15.4 Å². The zero-order valence-electron chi connectivity index (χ0n) is 11.9. The highest BCUT2D eigenvalue weighted by Gasteiger charge is 2.25. The van der Waals surface area contributed by atoms with E-state index < -0.39 is 0 Å². The average Bonchev–Trinajstić information content (AvgIpc) is 2.44. The van der Waals surface area contributed by atoms with Crippen LogP contribution < -0.4 is 16.2 Å². The molecule has 1 saturated heterocycles. The van der Waals surface area contributed by atoms with Gasteiger partial charge in [-0.2, -0.15) is 5.10 Å². The van der Waals surface area contributed by atoms with E-state index in [9.17, 15) is 4.79 Å². The van der Waals surface area contributed by atoms with Crippen molar-refractivity contribution in [2.75, 3.05) is 31.7 Å². The van der Waals surface area contributed by atoms with Gasteiger partial charge in [-0.05, 0) is 28.3 Å². The fraction of sp³-hybridized carbons (Fsp3) is 0.692. The predicted molar refractivity (Wildman–Crippen MR) is 82.0 cm³/mol. The summed E-state index contributed by atoms with van der Waals surface area (Å²) in [5.74, 6) is 0.409. The van der Waals surface area contributed by atoms with Crippen LogP contribution in [0.5, 0.6) is 0 Å². The Morgan fingerprint density at radius 3 is 3.00 bits per heavy atom. The van der Waals surface area contributed by atoms with E-state index in [0.717, 1.165) is 25.2 Å². The van der Waals surface area contributed by atoms with Crippen LogP contribution in [0.1, 0.15) is 13.3 Å². The number of anilines is 1. The summed E-state index contributed by atoms with van der Waals surface area (Å²) in [7, 11) is 1.60. The molecule has 2 N–H and O–H groups in total. The van der Waals surface area contributed by atoms with E-state index in [4.69, 9.17) is 10.5 Å². The van der Waals surface area contributed by atoms with Crippen LogP contribution in [0.25, 0.3) is 0 Å². The molecule has 1 fully saturated rings. The summed E-state index contributed by atoms with van der Waals surface area (Å²) >= 11 is 3.41. The molecule has 0 bridgehead atoms. The highest BCUT2D eigenvalue weighted by atomic mass is 79.9. The number of halogens is 1. The van der Waals surface area contributed by atoms with Gasteiger partial charge in [0, 0.05) is 26.2 Å². The second-order valence-electron chi connectivity index (χ2n) is 5.24. The molecule has 0 saturated carbocycles. The highest BCUT2D eigenvalue weighted by Crippen LogP contribution is 2.26. The van der Waals surface area contributed by atoms with Crippen LogP contribution in [-0.2, 0) is 11.3 Å². The fourth-order valence-corrected chi connectivity index (χ4v) is 2.95. The molecule has 1 aliphatic heterocycles. The number of nitrogens with zero attached hydrogens (tertiary/aromatic N) is 3. The maximum atomic E-state index is 12.2. The molecule has 7 heteroatoms. The lowest BCUT2D eigenvalue weighted by molar-refractivity contribution is 0.181. The first-order chi connectivity index (χ1) is 9.54. The zero-order valence-corrected chi connectivity index (χ0v) is 13.5. The molecule has 2 unspecified atom stereocenters. The van der Waals surface area contributed by atoms with Crippen LogP contribution in [0.4, 0.5) is 5.69 Å². The second-order valence-corrected chi connectivity index (χ2v) is 6.03. The molecule has 0 aromatic carbocycles. The maximum absolute atomic E-state index is 12.2. The van der Waals surface area contributed by atoms with Crippen molar-refractivity contribution < 1.29 is 4.74 Å². The van der Waals surface area contributed by atoms with Gasteiger partial charge in [0.05, 0.1) is 25.0 Å². The van der Waals surface area contributed by atoms with Crippen molar-refractivity contribution in [3.63, 3.8) is 0 Å². The van der Waals surface area contributed by atoms with E-state index in [2.05, 4.69) is 32.9 Å². The zero-order chi connectivity index (χ0) is 14.7. The maximum Gasteiger partial charge on any atom is 0.283 e. The Kier molecular flexibility index (Phi) is 5.17. The Morgan fingerprint density at radius 1 is 1.60 bits per heavy atom. The summed E-state index contributed by atoms with van der Waals surface area (Å²) in [6.45, 7) is 4.76. The predicted octanol–water partition coefficient (Wildman–Crippen LogP) is 0.826. The molecule has 0 amide bonds. The minimum atomic E-state index is -0.123. The third-order valence-corrected chi connectivity index (χ3v) is 4.53. The smallest absolute Gasteiger partial charge is 0.283 e. The van der Waals surface area contributed by atoms with Crippen molar-refractivity contribution in [1.82, 2.24) is 9.78 Å². The number of hydrogen-bond acceptors (Lipinski definition) is 5. The topological polar surface area (TPSA) is 73.4 Å². The van der Waals surface area contributed by atoms with Gasteiger partial charge in [0.1, 0.15) is 4.47 Å². The summed E-state index contributed by atoms with van der Waals surface area (Å²) in [5.41, 5.74) is 6.76. The SMILES string of the molecule is COCCn1ncc(N2CCC(N)C(C)C2)c(Br)c1=O. The molecule has 0 spiro atoms. The van der Waals surface area contributed by atoms with Crippen LogP contribution >= 0.6 is 15.9 Å². The van der Waals surface area contributed by atoms with Crippen LogP contribution in [0.3, 0.4) is 0 Å². The highest BCUT2D eigenvalue weighted by molar-refractivity contribution is 9.10. The standard InChI is InChI=1S/C13H21BrN4O2/c1-9-8-17(4-3-10(9)15)11-7-16-18(5-6-20-2)13(19)12(11)14/h7,9-10H,3-6,8,15H2,1-2H3. The summed E-state index contributed by atoms with van der Waals surface area (Å²) in [6, 6.07) is 0.236. The molecule has 1 aliphatic rings. The molecule has 1 aromatic heterocycles. The normalized spacial score (nSPS) is 23.1. The number of hydrogen-bond donors (Lipinski definition) is 1. The van der Waals surface area contributed by atoms with Crippen LogP contribution in [0.2, 0.25) is 0 Å². The quantitative estimate of drug-likeness (QED) is 0.875. The first kappa shape index (κ1) is 15.5. The van der Waals surface area contributed by atoms with Crippen molar-refractivity contribution in [2.24, 2.45) is 11.7 Å². The molecule has 0 aliphatic carbocycles. The molecule has 2 atom stereocenters. The lowest BCUT2D eigenvalue weighted by atomic mass is 9.94. The number of piperidine rings is 1. The Bertz CT molecular complexity index is 520. The third-order valence-electron chi connectivity index (χ3n) is 3.79. The number of rotatable bonds is 4. The van der Waals surface area contributed by atoms with Gasteiger partial charge >= 0.3 is 0 Å². The van der Waals surface area contributed by atoms with Gasteiger partial charge in [-0.1, -0.05) is 6.92 Å². The Hall–Kier alpha value is -0.920. The molecule has 2 heterocycles. The molecular formula is C13H21BrN4O2. The molecule has 6 nitrogen and oxygen atoms in total. The number of nitrogens with two attached hydrogens (primary N) is 1. The average molecular weight is 345 g/mol. The van der Waals surface area contributed by atoms with Gasteiger partial charge in [-0.15, -0.1) is 0 Å². The largest absolute Gasteiger partial charge is 0.383 e. The van der Waals surface area contributed by atoms with E-state index in [1.807, 2.05) is 0 Å². The van der Waals surface area contributed by atoms with Gasteiger partial charge in [-0.3, -0.25) is 4.79 Å². The van der Waals surface area contributed by atoms with Crippen molar-refractivity contribution in [3.8, 4) is 0 Å². The first-order valence-electron chi connectivity index (χ1n) is 6.79. The molecule has 2 rings (SSSR count). The third kappa shape index (κ3) is 3.21. The van der Waals surface area contributed by atoms with Crippen molar-refractivity contribution >= 4 is 21.6 Å². The fourth-order valence-electron chi connectivity index (χ4n) is 2.40. The summed E-state index contributed by atoms with van der Waals surface area (Å²) in [6.07, 6.45) is 2.67. The van der Waals surface area contributed by atoms with Crippen molar-refractivity contribution in [3.05, 3.63) is 21.0 Å². The lowest BCUT2D eigenvalue weighted by Gasteiger charge is -2.36.